The largest absolute Gasteiger partial charge is 0.497 e. The first-order chi connectivity index (χ1) is 19.8. The maximum absolute atomic E-state index is 13.6. The molecule has 0 spiro atoms. The van der Waals surface area contributed by atoms with Crippen LogP contribution in [0.3, 0.4) is 0 Å². The van der Waals surface area contributed by atoms with Crippen LogP contribution in [0.25, 0.3) is 21.5 Å². The number of ether oxygens (including phenoxy) is 2. The van der Waals surface area contributed by atoms with E-state index in [0.29, 0.717) is 36.9 Å². The number of nitrogens with zero attached hydrogens (tertiary/aromatic N) is 3. The molecular formula is C32H29N3O5S. The topological polar surface area (TPSA) is 89.0 Å². The standard InChI is InChI=1S/C32H29N3O5S/c1-34(41(37,38)28-13-11-23-10-12-27(39-2)19-25(23)20-28)30-15-17-35(32(30)36)21-22-8-9-24-14-16-33-31(29(24)18-22)40-26-6-4-3-5-7-26/h3-14,16,18-20,30H,15,17,21H2,1-2H3. The Kier molecular flexibility index (Phi) is 7.07. The molecule has 1 saturated heterocycles. The van der Waals surface area contributed by atoms with E-state index in [1.54, 1.807) is 42.5 Å². The van der Waals surface area contributed by atoms with Crippen LogP contribution in [0.15, 0.2) is 102 Å². The van der Waals surface area contributed by atoms with E-state index < -0.39 is 16.1 Å². The summed E-state index contributed by atoms with van der Waals surface area (Å²) in [5.41, 5.74) is 0.909. The molecule has 208 valence electrons. The SMILES string of the molecule is COc1ccc2ccc(S(=O)(=O)N(C)C3CCN(Cc4ccc5ccnc(Oc6ccccc6)c5c4)C3=O)cc2c1. The quantitative estimate of drug-likeness (QED) is 0.242. The number of hydrogen-bond acceptors (Lipinski definition) is 6. The van der Waals surface area contributed by atoms with Gasteiger partial charge in [-0.15, -0.1) is 0 Å². The molecule has 2 heterocycles. The summed E-state index contributed by atoms with van der Waals surface area (Å²) in [5, 5.41) is 3.46. The number of hydrogen-bond donors (Lipinski definition) is 0. The molecule has 0 bridgehead atoms. The maximum Gasteiger partial charge on any atom is 0.243 e. The van der Waals surface area contributed by atoms with Crippen molar-refractivity contribution in [3.05, 3.63) is 103 Å². The van der Waals surface area contributed by atoms with Crippen molar-refractivity contribution in [2.75, 3.05) is 20.7 Å². The van der Waals surface area contributed by atoms with Crippen molar-refractivity contribution in [1.82, 2.24) is 14.2 Å². The summed E-state index contributed by atoms with van der Waals surface area (Å²) in [6.45, 7) is 0.811. The second kappa shape index (κ2) is 10.8. The van der Waals surface area contributed by atoms with Gasteiger partial charge in [0.2, 0.25) is 21.8 Å². The summed E-state index contributed by atoms with van der Waals surface area (Å²) in [4.78, 5) is 19.7. The number of carbonyl (C=O) groups excluding carboxylic acids is 1. The number of likely N-dealkylation sites (tertiary alicyclic amines) is 1. The Bertz CT molecular complexity index is 1860. The molecular weight excluding hydrogens is 538 g/mol. The highest BCUT2D eigenvalue weighted by atomic mass is 32.2. The van der Waals surface area contributed by atoms with Crippen molar-refractivity contribution in [3.63, 3.8) is 0 Å². The average Bonchev–Trinajstić information content (AvgIpc) is 3.36. The zero-order valence-corrected chi connectivity index (χ0v) is 23.5. The van der Waals surface area contributed by atoms with Gasteiger partial charge < -0.3 is 14.4 Å². The van der Waals surface area contributed by atoms with Crippen molar-refractivity contribution in [2.45, 2.75) is 23.9 Å². The number of amides is 1. The Hall–Kier alpha value is -4.47. The zero-order chi connectivity index (χ0) is 28.6. The Labute approximate surface area is 238 Å². The van der Waals surface area contributed by atoms with Crippen molar-refractivity contribution in [2.24, 2.45) is 0 Å². The number of rotatable bonds is 8. The van der Waals surface area contributed by atoms with Crippen molar-refractivity contribution >= 4 is 37.5 Å². The molecule has 1 aliphatic heterocycles. The molecule has 1 fully saturated rings. The molecule has 0 radical (unpaired) electrons. The number of para-hydroxylation sites is 1. The fourth-order valence-corrected chi connectivity index (χ4v) is 6.61. The molecule has 4 aromatic carbocycles. The van der Waals surface area contributed by atoms with E-state index in [2.05, 4.69) is 4.98 Å². The molecule has 1 aliphatic rings. The van der Waals surface area contributed by atoms with Gasteiger partial charge in [0, 0.05) is 31.7 Å². The molecule has 1 aromatic heterocycles. The predicted molar refractivity (Wildman–Crippen MR) is 158 cm³/mol. The Morgan fingerprint density at radius 3 is 2.49 bits per heavy atom. The summed E-state index contributed by atoms with van der Waals surface area (Å²) in [6, 6.07) is 27.0. The van der Waals surface area contributed by atoms with Crippen LogP contribution in [0.1, 0.15) is 12.0 Å². The van der Waals surface area contributed by atoms with Gasteiger partial charge in [0.25, 0.3) is 0 Å². The molecule has 41 heavy (non-hydrogen) atoms. The van der Waals surface area contributed by atoms with Crippen LogP contribution in [0, 0.1) is 0 Å². The summed E-state index contributed by atoms with van der Waals surface area (Å²) < 4.78 is 39.7. The van der Waals surface area contributed by atoms with Crippen LogP contribution in [0.4, 0.5) is 0 Å². The fraction of sp³-hybridized carbons (Fsp3) is 0.188. The predicted octanol–water partition coefficient (Wildman–Crippen LogP) is 5.61. The summed E-state index contributed by atoms with van der Waals surface area (Å²) in [5.74, 6) is 1.60. The molecule has 1 unspecified atom stereocenters. The van der Waals surface area contributed by atoms with E-state index in [4.69, 9.17) is 9.47 Å². The minimum Gasteiger partial charge on any atom is -0.497 e. The average molecular weight is 568 g/mol. The van der Waals surface area contributed by atoms with E-state index in [9.17, 15) is 13.2 Å². The highest BCUT2D eigenvalue weighted by Crippen LogP contribution is 2.31. The molecule has 5 aromatic rings. The molecule has 9 heteroatoms. The lowest BCUT2D eigenvalue weighted by Gasteiger charge is -2.24. The first-order valence-corrected chi connectivity index (χ1v) is 14.7. The lowest BCUT2D eigenvalue weighted by atomic mass is 10.1. The van der Waals surface area contributed by atoms with Crippen LogP contribution in [-0.2, 0) is 21.4 Å². The Balaban J connectivity index is 1.21. The second-order valence-corrected chi connectivity index (χ2v) is 12.0. The van der Waals surface area contributed by atoms with E-state index in [0.717, 1.165) is 27.1 Å². The van der Waals surface area contributed by atoms with E-state index in [1.165, 1.54) is 11.4 Å². The number of sulfonamides is 1. The first-order valence-electron chi connectivity index (χ1n) is 13.3. The molecule has 8 nitrogen and oxygen atoms in total. The minimum atomic E-state index is -3.91. The van der Waals surface area contributed by atoms with Crippen LogP contribution in [-0.4, -0.2) is 55.3 Å². The third kappa shape index (κ3) is 5.21. The van der Waals surface area contributed by atoms with Crippen molar-refractivity contribution in [1.29, 1.82) is 0 Å². The number of benzene rings is 4. The molecule has 1 amide bonds. The third-order valence-electron chi connectivity index (χ3n) is 7.53. The van der Waals surface area contributed by atoms with Crippen molar-refractivity contribution in [3.8, 4) is 17.4 Å². The van der Waals surface area contributed by atoms with Gasteiger partial charge in [-0.25, -0.2) is 13.4 Å². The Morgan fingerprint density at radius 1 is 0.902 bits per heavy atom. The van der Waals surface area contributed by atoms with Gasteiger partial charge in [0.15, 0.2) is 0 Å². The van der Waals surface area contributed by atoms with Gasteiger partial charge in [-0.2, -0.15) is 4.31 Å². The Morgan fingerprint density at radius 2 is 1.68 bits per heavy atom. The van der Waals surface area contributed by atoms with Crippen LogP contribution in [0.5, 0.6) is 17.4 Å². The number of likely N-dealkylation sites (N-methyl/N-ethyl adjacent to an activating group) is 1. The van der Waals surface area contributed by atoms with Gasteiger partial charge in [-0.05, 0) is 76.7 Å². The normalized spacial score (nSPS) is 15.6. The van der Waals surface area contributed by atoms with Gasteiger partial charge >= 0.3 is 0 Å². The van der Waals surface area contributed by atoms with E-state index in [-0.39, 0.29) is 10.8 Å². The van der Waals surface area contributed by atoms with Gasteiger partial charge in [-0.3, -0.25) is 4.79 Å². The maximum atomic E-state index is 13.6. The monoisotopic (exact) mass is 567 g/mol. The highest BCUT2D eigenvalue weighted by molar-refractivity contribution is 7.89. The lowest BCUT2D eigenvalue weighted by molar-refractivity contribution is -0.131. The van der Waals surface area contributed by atoms with Gasteiger partial charge in [-0.1, -0.05) is 42.5 Å². The van der Waals surface area contributed by atoms with Gasteiger partial charge in [0.05, 0.1) is 12.0 Å². The summed E-state index contributed by atoms with van der Waals surface area (Å²) >= 11 is 0. The molecule has 6 rings (SSSR count). The van der Waals surface area contributed by atoms with Crippen LogP contribution >= 0.6 is 0 Å². The summed E-state index contributed by atoms with van der Waals surface area (Å²) in [7, 11) is -0.860. The zero-order valence-electron chi connectivity index (χ0n) is 22.7. The lowest BCUT2D eigenvalue weighted by Crippen LogP contribution is -2.42. The van der Waals surface area contributed by atoms with Crippen LogP contribution < -0.4 is 9.47 Å². The number of methoxy groups -OCH3 is 1. The minimum absolute atomic E-state index is 0.139. The van der Waals surface area contributed by atoms with E-state index >= 15 is 0 Å². The van der Waals surface area contributed by atoms with Crippen molar-refractivity contribution < 1.29 is 22.7 Å². The van der Waals surface area contributed by atoms with Gasteiger partial charge in [0.1, 0.15) is 17.5 Å². The number of fused-ring (bicyclic) bond motifs is 2. The molecule has 1 atom stereocenters. The molecule has 0 saturated carbocycles. The molecule has 0 N–H and O–H groups in total. The number of carbonyl (C=O) groups is 1. The van der Waals surface area contributed by atoms with Crippen LogP contribution in [0.2, 0.25) is 0 Å². The smallest absolute Gasteiger partial charge is 0.243 e. The number of pyridine rings is 1. The summed E-state index contributed by atoms with van der Waals surface area (Å²) in [6.07, 6.45) is 2.12. The number of aromatic nitrogens is 1. The fourth-order valence-electron chi connectivity index (χ4n) is 5.23. The third-order valence-corrected chi connectivity index (χ3v) is 9.39. The molecule has 0 aliphatic carbocycles. The highest BCUT2D eigenvalue weighted by Gasteiger charge is 2.39. The van der Waals surface area contributed by atoms with E-state index in [1.807, 2.05) is 66.7 Å². The first kappa shape index (κ1) is 26.7. The second-order valence-electron chi connectivity index (χ2n) is 10.0.